The molecule has 4 rings (SSSR count). The van der Waals surface area contributed by atoms with Gasteiger partial charge in [-0.2, -0.15) is 0 Å². The minimum atomic E-state index is -1.26. The average molecular weight is 677 g/mol. The Labute approximate surface area is 284 Å². The zero-order chi connectivity index (χ0) is 33.8. The lowest BCUT2D eigenvalue weighted by molar-refractivity contribution is -0.171. The second-order valence-corrected chi connectivity index (χ2v) is 12.6. The lowest BCUT2D eigenvalue weighted by Gasteiger charge is -2.58. The number of likely N-dealkylation sites (tertiary alicyclic amines) is 1. The SMILES string of the molecule is C.C.CC(=O)N[C@@H](CCCCN)C(=O)NCCC(=O)O[C@@H](C)C(=O)OC1=CC[C@@]2(O)[C@@H](C)N(C)CC[C@@]23c2c(C)ccc(CO)c2O[C@@H]13. The lowest BCUT2D eigenvalue weighted by atomic mass is 9.54. The quantitative estimate of drug-likeness (QED) is 0.152. The van der Waals surface area contributed by atoms with E-state index in [0.717, 1.165) is 11.1 Å². The number of rotatable bonds is 13. The minimum Gasteiger partial charge on any atom is -0.481 e. The van der Waals surface area contributed by atoms with E-state index in [0.29, 0.717) is 50.1 Å². The highest BCUT2D eigenvalue weighted by atomic mass is 16.6. The van der Waals surface area contributed by atoms with Gasteiger partial charge in [-0.3, -0.25) is 14.4 Å². The first kappa shape index (κ1) is 40.7. The fraction of sp³-hybridized carbons (Fsp3) is 0.657. The number of likely N-dealkylation sites (N-methyl/N-ethyl adjacent to an activating group) is 1. The van der Waals surface area contributed by atoms with E-state index in [2.05, 4.69) is 15.5 Å². The van der Waals surface area contributed by atoms with Crippen molar-refractivity contribution in [1.82, 2.24) is 15.5 Å². The molecule has 1 aromatic carbocycles. The number of unbranched alkanes of at least 4 members (excludes halogenated alkanes) is 1. The van der Waals surface area contributed by atoms with E-state index in [1.54, 1.807) is 12.1 Å². The van der Waals surface area contributed by atoms with Crippen LogP contribution in [0, 0.1) is 6.92 Å². The van der Waals surface area contributed by atoms with Gasteiger partial charge in [0.25, 0.3) is 0 Å². The molecular weight excluding hydrogens is 620 g/mol. The van der Waals surface area contributed by atoms with Crippen LogP contribution in [-0.2, 0) is 40.7 Å². The van der Waals surface area contributed by atoms with Crippen LogP contribution in [0.25, 0.3) is 0 Å². The van der Waals surface area contributed by atoms with Gasteiger partial charge in [0.15, 0.2) is 12.2 Å². The predicted octanol–water partition coefficient (Wildman–Crippen LogP) is 2.12. The number of carbonyl (C=O) groups excluding carboxylic acids is 4. The van der Waals surface area contributed by atoms with Crippen LogP contribution < -0.4 is 21.1 Å². The second kappa shape index (κ2) is 16.7. The van der Waals surface area contributed by atoms with E-state index < -0.39 is 47.1 Å². The number of nitrogens with zero attached hydrogens (tertiary/aromatic N) is 1. The van der Waals surface area contributed by atoms with E-state index in [1.165, 1.54) is 13.8 Å². The van der Waals surface area contributed by atoms with Gasteiger partial charge in [0.2, 0.25) is 11.8 Å². The maximum Gasteiger partial charge on any atom is 0.352 e. The Kier molecular flexibility index (Phi) is 14.2. The number of nitrogens with one attached hydrogen (secondary N) is 2. The molecule has 13 nitrogen and oxygen atoms in total. The largest absolute Gasteiger partial charge is 0.481 e. The Balaban J connectivity index is 0.00000400. The van der Waals surface area contributed by atoms with Gasteiger partial charge in [-0.25, -0.2) is 4.79 Å². The number of aliphatic hydroxyl groups excluding tert-OH is 1. The van der Waals surface area contributed by atoms with Crippen molar-refractivity contribution < 1.29 is 43.6 Å². The van der Waals surface area contributed by atoms with Crippen molar-refractivity contribution in [2.75, 3.05) is 26.7 Å². The molecule has 6 N–H and O–H groups in total. The number of aliphatic hydroxyl groups is 2. The van der Waals surface area contributed by atoms with Crippen LogP contribution in [-0.4, -0.2) is 95.4 Å². The second-order valence-electron chi connectivity index (χ2n) is 12.6. The number of hydrogen-bond acceptors (Lipinski definition) is 11. The molecular formula is C35H56N4O9. The van der Waals surface area contributed by atoms with Gasteiger partial charge in [0.05, 0.1) is 24.0 Å². The van der Waals surface area contributed by atoms with E-state index in [-0.39, 0.29) is 58.6 Å². The predicted molar refractivity (Wildman–Crippen MR) is 181 cm³/mol. The Morgan fingerprint density at radius 1 is 1.21 bits per heavy atom. The van der Waals surface area contributed by atoms with Crippen LogP contribution in [0.15, 0.2) is 24.0 Å². The number of hydrogen-bond donors (Lipinski definition) is 5. The van der Waals surface area contributed by atoms with Gasteiger partial charge in [-0.05, 0) is 78.2 Å². The normalized spacial score (nSPS) is 25.2. The van der Waals surface area contributed by atoms with Gasteiger partial charge in [-0.1, -0.05) is 27.0 Å². The van der Waals surface area contributed by atoms with Crippen LogP contribution in [0.5, 0.6) is 5.75 Å². The highest BCUT2D eigenvalue weighted by Crippen LogP contribution is 2.61. The molecule has 3 aliphatic rings. The number of piperidine rings is 1. The van der Waals surface area contributed by atoms with Crippen molar-refractivity contribution in [2.45, 2.75) is 123 Å². The van der Waals surface area contributed by atoms with Crippen molar-refractivity contribution in [2.24, 2.45) is 5.73 Å². The number of carbonyl (C=O) groups is 4. The molecule has 1 fully saturated rings. The number of nitrogens with two attached hydrogens (primary N) is 1. The van der Waals surface area contributed by atoms with Crippen molar-refractivity contribution in [1.29, 1.82) is 0 Å². The molecule has 0 unspecified atom stereocenters. The number of fused-ring (bicyclic) bond motifs is 1. The van der Waals surface area contributed by atoms with Crippen molar-refractivity contribution in [3.63, 3.8) is 0 Å². The first-order chi connectivity index (χ1) is 21.8. The summed E-state index contributed by atoms with van der Waals surface area (Å²) in [5.74, 6) is -1.58. The summed E-state index contributed by atoms with van der Waals surface area (Å²) in [5.41, 5.74) is 5.63. The van der Waals surface area contributed by atoms with Gasteiger partial charge < -0.3 is 45.7 Å². The number of amides is 2. The Bertz CT molecular complexity index is 1370. The molecule has 2 amide bonds. The molecule has 1 aromatic rings. The molecule has 0 saturated carbocycles. The molecule has 2 aliphatic heterocycles. The fourth-order valence-corrected chi connectivity index (χ4v) is 7.12. The topological polar surface area (TPSA) is 190 Å². The third-order valence-electron chi connectivity index (χ3n) is 9.73. The average Bonchev–Trinajstić information content (AvgIpc) is 3.37. The summed E-state index contributed by atoms with van der Waals surface area (Å²) in [6.45, 7) is 7.47. The first-order valence-electron chi connectivity index (χ1n) is 16.0. The van der Waals surface area contributed by atoms with Crippen LogP contribution in [0.4, 0.5) is 0 Å². The highest BCUT2D eigenvalue weighted by Gasteiger charge is 2.69. The van der Waals surface area contributed by atoms with E-state index >= 15 is 0 Å². The molecule has 1 saturated heterocycles. The van der Waals surface area contributed by atoms with Crippen molar-refractivity contribution in [3.05, 3.63) is 40.7 Å². The molecule has 0 radical (unpaired) electrons. The van der Waals surface area contributed by atoms with Gasteiger partial charge in [0, 0.05) is 37.1 Å². The number of ether oxygens (including phenoxy) is 3. The summed E-state index contributed by atoms with van der Waals surface area (Å²) >= 11 is 0. The monoisotopic (exact) mass is 676 g/mol. The maximum atomic E-state index is 13.2. The third-order valence-corrected chi connectivity index (χ3v) is 9.73. The molecule has 6 atom stereocenters. The lowest BCUT2D eigenvalue weighted by Crippen LogP contribution is -2.71. The smallest absolute Gasteiger partial charge is 0.352 e. The molecule has 48 heavy (non-hydrogen) atoms. The molecule has 0 aromatic heterocycles. The fourth-order valence-electron chi connectivity index (χ4n) is 7.12. The number of benzene rings is 1. The van der Waals surface area contributed by atoms with Crippen LogP contribution in [0.3, 0.4) is 0 Å². The Morgan fingerprint density at radius 3 is 2.56 bits per heavy atom. The summed E-state index contributed by atoms with van der Waals surface area (Å²) in [6, 6.07) is 2.71. The maximum absolute atomic E-state index is 13.2. The Hall–Kier alpha value is -3.52. The van der Waals surface area contributed by atoms with Gasteiger partial charge in [0.1, 0.15) is 17.6 Å². The molecule has 13 heteroatoms. The van der Waals surface area contributed by atoms with E-state index in [4.69, 9.17) is 19.9 Å². The summed E-state index contributed by atoms with van der Waals surface area (Å²) in [5, 5.41) is 27.7. The van der Waals surface area contributed by atoms with Crippen LogP contribution in [0.2, 0.25) is 0 Å². The van der Waals surface area contributed by atoms with Crippen molar-refractivity contribution in [3.8, 4) is 5.75 Å². The zero-order valence-corrected chi connectivity index (χ0v) is 27.4. The van der Waals surface area contributed by atoms with E-state index in [9.17, 15) is 29.4 Å². The van der Waals surface area contributed by atoms with Gasteiger partial charge >= 0.3 is 11.9 Å². The number of esters is 2. The zero-order valence-electron chi connectivity index (χ0n) is 27.4. The standard InChI is InChI=1S/C33H48N4O9.2CH4/c1-19-9-10-23(18-38)28-27(19)32-14-17-37(5)21(3)33(32,43)13-11-25(29(32)46-28)45-31(42)20(2)44-26(40)12-16-35-30(41)24(36-22(4)39)8-6-7-15-34;;/h9-11,20-21,24,29,38,43H,6-8,12-18,34H2,1-5H3,(H,35,41)(H,36,39);2*1H4/t20-,21+,24-,29-,32-,33+;;/m0../s1. The van der Waals surface area contributed by atoms with E-state index in [1.807, 2.05) is 27.0 Å². The summed E-state index contributed by atoms with van der Waals surface area (Å²) in [7, 11) is 1.96. The molecule has 2 heterocycles. The molecule has 1 aliphatic carbocycles. The Morgan fingerprint density at radius 2 is 1.92 bits per heavy atom. The summed E-state index contributed by atoms with van der Waals surface area (Å²) in [4.78, 5) is 52.0. The number of aryl methyl sites for hydroxylation is 1. The third kappa shape index (κ3) is 7.69. The summed E-state index contributed by atoms with van der Waals surface area (Å²) < 4.78 is 17.6. The van der Waals surface area contributed by atoms with Crippen LogP contribution >= 0.6 is 0 Å². The minimum absolute atomic E-state index is 0. The summed E-state index contributed by atoms with van der Waals surface area (Å²) in [6.07, 6.45) is 1.86. The van der Waals surface area contributed by atoms with Crippen molar-refractivity contribution >= 4 is 23.8 Å². The van der Waals surface area contributed by atoms with Gasteiger partial charge in [-0.15, -0.1) is 0 Å². The first-order valence-corrected chi connectivity index (χ1v) is 16.0. The molecule has 270 valence electrons. The molecule has 1 spiro atoms. The highest BCUT2D eigenvalue weighted by molar-refractivity contribution is 5.87. The van der Waals surface area contributed by atoms with Crippen LogP contribution in [0.1, 0.15) is 90.8 Å². The molecule has 0 bridgehead atoms.